The van der Waals surface area contributed by atoms with Crippen molar-refractivity contribution >= 4 is 45.4 Å². The van der Waals surface area contributed by atoms with Gasteiger partial charge in [0.1, 0.15) is 17.0 Å². The number of phenolic OH excluding ortho intramolecular Hbond substituents is 1. The summed E-state index contributed by atoms with van der Waals surface area (Å²) in [5, 5.41) is 9.78. The number of Topliss-reactive ketones (excluding diaryl/α,β-unsaturated/α-hetero) is 1. The molecule has 2 aromatic carbocycles. The van der Waals surface area contributed by atoms with Crippen molar-refractivity contribution in [2.75, 3.05) is 20.3 Å². The molecular weight excluding hydrogens is 462 g/mol. The van der Waals surface area contributed by atoms with E-state index in [1.54, 1.807) is 0 Å². The lowest BCUT2D eigenvalue weighted by molar-refractivity contribution is -0.139. The third-order valence-electron chi connectivity index (χ3n) is 4.58. The van der Waals surface area contributed by atoms with Gasteiger partial charge in [-0.05, 0) is 42.8 Å². The number of hydrogen-bond donors (Lipinski definition) is 1. The second-order valence-corrected chi connectivity index (χ2v) is 8.81. The van der Waals surface area contributed by atoms with Crippen LogP contribution in [0.4, 0.5) is 0 Å². The summed E-state index contributed by atoms with van der Waals surface area (Å²) >= 11 is 5.95. The Balaban J connectivity index is 2.00. The van der Waals surface area contributed by atoms with Crippen LogP contribution in [0.5, 0.6) is 11.5 Å². The number of rotatable bonds is 7. The van der Waals surface area contributed by atoms with E-state index in [2.05, 4.69) is 0 Å². The largest absolute Gasteiger partial charge is 0.503 e. The fourth-order valence-electron chi connectivity index (χ4n) is 3.06. The predicted molar refractivity (Wildman–Crippen MR) is 114 cm³/mol. The lowest BCUT2D eigenvalue weighted by Gasteiger charge is -2.15. The number of fused-ring (bicyclic) bond motifs is 1. The van der Waals surface area contributed by atoms with E-state index in [0.717, 1.165) is 6.08 Å². The van der Waals surface area contributed by atoms with E-state index in [4.69, 9.17) is 21.1 Å². The van der Waals surface area contributed by atoms with Gasteiger partial charge in [0.25, 0.3) is 15.9 Å². The summed E-state index contributed by atoms with van der Waals surface area (Å²) in [5.74, 6) is -3.18. The SMILES string of the molecule is CCOC(=O)C(=Cc1cc(Cl)c(O)c(OC)c1)C(=O)CN1C(=O)c2ccccc2S1(=O)=O. The van der Waals surface area contributed by atoms with Gasteiger partial charge in [0.05, 0.1) is 24.3 Å². The number of carbonyl (C=O) groups is 3. The molecule has 3 rings (SSSR count). The molecule has 1 aliphatic rings. The van der Waals surface area contributed by atoms with Crippen LogP contribution in [0.1, 0.15) is 22.8 Å². The van der Waals surface area contributed by atoms with Crippen molar-refractivity contribution < 1.29 is 37.4 Å². The smallest absolute Gasteiger partial charge is 0.341 e. The van der Waals surface area contributed by atoms with Crippen LogP contribution >= 0.6 is 11.6 Å². The van der Waals surface area contributed by atoms with Crippen LogP contribution in [0.3, 0.4) is 0 Å². The van der Waals surface area contributed by atoms with Crippen LogP contribution < -0.4 is 4.74 Å². The van der Waals surface area contributed by atoms with Crippen LogP contribution in [-0.2, 0) is 24.3 Å². The molecule has 9 nitrogen and oxygen atoms in total. The molecule has 0 unspecified atom stereocenters. The van der Waals surface area contributed by atoms with Crippen LogP contribution in [0.15, 0.2) is 46.9 Å². The number of halogens is 1. The molecule has 2 aromatic rings. The molecule has 0 fully saturated rings. The number of hydrogen-bond acceptors (Lipinski definition) is 8. The Morgan fingerprint density at radius 2 is 1.91 bits per heavy atom. The van der Waals surface area contributed by atoms with E-state index < -0.39 is 39.8 Å². The minimum Gasteiger partial charge on any atom is -0.503 e. The van der Waals surface area contributed by atoms with Crippen molar-refractivity contribution in [3.63, 3.8) is 0 Å². The fourth-order valence-corrected chi connectivity index (χ4v) is 4.81. The minimum absolute atomic E-state index is 0.00726. The second kappa shape index (κ2) is 9.01. The highest BCUT2D eigenvalue weighted by Gasteiger charge is 2.42. The maximum absolute atomic E-state index is 13.0. The van der Waals surface area contributed by atoms with Gasteiger partial charge >= 0.3 is 5.97 Å². The first-order chi connectivity index (χ1) is 15.1. The molecule has 0 saturated heterocycles. The van der Waals surface area contributed by atoms with E-state index in [0.29, 0.717) is 4.31 Å². The normalized spacial score (nSPS) is 14.8. The number of aromatic hydroxyl groups is 1. The molecule has 0 bridgehead atoms. The number of ketones is 1. The Bertz CT molecular complexity index is 1250. The molecule has 0 spiro atoms. The molecule has 32 heavy (non-hydrogen) atoms. The Morgan fingerprint density at radius 1 is 1.22 bits per heavy atom. The number of carbonyl (C=O) groups excluding carboxylic acids is 3. The molecule has 1 heterocycles. The molecule has 1 amide bonds. The van der Waals surface area contributed by atoms with Gasteiger partial charge in [0.2, 0.25) is 0 Å². The molecule has 11 heteroatoms. The van der Waals surface area contributed by atoms with Crippen molar-refractivity contribution in [3.05, 3.63) is 58.1 Å². The van der Waals surface area contributed by atoms with E-state index in [-0.39, 0.29) is 39.2 Å². The van der Waals surface area contributed by atoms with Gasteiger partial charge in [-0.3, -0.25) is 9.59 Å². The first-order valence-corrected chi connectivity index (χ1v) is 11.1. The molecule has 0 aromatic heterocycles. The minimum atomic E-state index is -4.25. The number of ether oxygens (including phenoxy) is 2. The van der Waals surface area contributed by atoms with E-state index >= 15 is 0 Å². The third kappa shape index (κ3) is 4.19. The van der Waals surface area contributed by atoms with Crippen LogP contribution in [0.25, 0.3) is 6.08 Å². The lowest BCUT2D eigenvalue weighted by atomic mass is 10.1. The zero-order valence-corrected chi connectivity index (χ0v) is 18.6. The molecule has 0 saturated carbocycles. The first-order valence-electron chi connectivity index (χ1n) is 9.26. The number of nitrogens with zero attached hydrogens (tertiary/aromatic N) is 1. The standard InChI is InChI=1S/C21H18ClNO8S/c1-3-31-21(27)14(8-12-9-15(22)19(25)17(10-12)30-2)16(24)11-23-20(26)13-6-4-5-7-18(13)32(23,28)29/h4-10,25H,3,11H2,1-2H3. The maximum Gasteiger partial charge on any atom is 0.341 e. The molecule has 1 aliphatic heterocycles. The van der Waals surface area contributed by atoms with Gasteiger partial charge in [0.15, 0.2) is 17.3 Å². The molecule has 168 valence electrons. The van der Waals surface area contributed by atoms with E-state index in [1.165, 1.54) is 50.4 Å². The first kappa shape index (κ1) is 23.3. The van der Waals surface area contributed by atoms with Crippen LogP contribution in [-0.4, -0.2) is 55.8 Å². The van der Waals surface area contributed by atoms with Crippen LogP contribution in [0.2, 0.25) is 5.02 Å². The number of amides is 1. The zero-order valence-electron chi connectivity index (χ0n) is 17.0. The van der Waals surface area contributed by atoms with Crippen molar-refractivity contribution in [3.8, 4) is 11.5 Å². The summed E-state index contributed by atoms with van der Waals surface area (Å²) in [5.41, 5.74) is -0.355. The van der Waals surface area contributed by atoms with Crippen molar-refractivity contribution in [2.24, 2.45) is 0 Å². The summed E-state index contributed by atoms with van der Waals surface area (Å²) in [6.45, 7) is 0.588. The summed E-state index contributed by atoms with van der Waals surface area (Å²) in [6.07, 6.45) is 1.12. The van der Waals surface area contributed by atoms with Gasteiger partial charge in [-0.25, -0.2) is 17.5 Å². The van der Waals surface area contributed by atoms with E-state index in [1.807, 2.05) is 0 Å². The van der Waals surface area contributed by atoms with Crippen LogP contribution in [0, 0.1) is 0 Å². The predicted octanol–water partition coefficient (Wildman–Crippen LogP) is 2.41. The highest BCUT2D eigenvalue weighted by molar-refractivity contribution is 7.90. The third-order valence-corrected chi connectivity index (χ3v) is 6.65. The molecule has 0 atom stereocenters. The Morgan fingerprint density at radius 3 is 2.53 bits per heavy atom. The summed E-state index contributed by atoms with van der Waals surface area (Å²) in [7, 11) is -2.96. The number of phenols is 1. The topological polar surface area (TPSA) is 127 Å². The highest BCUT2D eigenvalue weighted by Crippen LogP contribution is 2.36. The summed E-state index contributed by atoms with van der Waals surface area (Å²) < 4.78 is 35.8. The summed E-state index contributed by atoms with van der Waals surface area (Å²) in [4.78, 5) is 37.8. The number of sulfonamides is 1. The van der Waals surface area contributed by atoms with E-state index in [9.17, 15) is 27.9 Å². The highest BCUT2D eigenvalue weighted by atomic mass is 35.5. The van der Waals surface area contributed by atoms with Crippen molar-refractivity contribution in [2.45, 2.75) is 11.8 Å². The quantitative estimate of drug-likeness (QED) is 0.277. The van der Waals surface area contributed by atoms with Gasteiger partial charge in [0, 0.05) is 0 Å². The Labute approximate surface area is 188 Å². The Hall–Kier alpha value is -3.37. The Kier molecular flexibility index (Phi) is 6.56. The summed E-state index contributed by atoms with van der Waals surface area (Å²) in [6, 6.07) is 8.16. The molecule has 1 N–H and O–H groups in total. The van der Waals surface area contributed by atoms with Gasteiger partial charge in [-0.1, -0.05) is 23.7 Å². The molecule has 0 radical (unpaired) electrons. The maximum atomic E-state index is 13.0. The molecular formula is C21H18ClNO8S. The van der Waals surface area contributed by atoms with Gasteiger partial charge < -0.3 is 14.6 Å². The average Bonchev–Trinajstić information content (AvgIpc) is 2.95. The van der Waals surface area contributed by atoms with Gasteiger partial charge in [-0.15, -0.1) is 0 Å². The number of esters is 1. The fraction of sp³-hybridized carbons (Fsp3) is 0.190. The van der Waals surface area contributed by atoms with Crippen molar-refractivity contribution in [1.82, 2.24) is 4.31 Å². The number of methoxy groups -OCH3 is 1. The van der Waals surface area contributed by atoms with Gasteiger partial charge in [-0.2, -0.15) is 0 Å². The number of benzene rings is 2. The second-order valence-electron chi connectivity index (χ2n) is 6.57. The zero-order chi connectivity index (χ0) is 23.6. The lowest BCUT2D eigenvalue weighted by Crippen LogP contribution is -2.36. The molecule has 0 aliphatic carbocycles. The van der Waals surface area contributed by atoms with Crippen molar-refractivity contribution in [1.29, 1.82) is 0 Å². The monoisotopic (exact) mass is 479 g/mol. The average molecular weight is 480 g/mol.